The van der Waals surface area contributed by atoms with Crippen molar-refractivity contribution in [3.05, 3.63) is 30.1 Å². The van der Waals surface area contributed by atoms with Crippen molar-refractivity contribution in [2.45, 2.75) is 44.6 Å². The molecule has 0 saturated heterocycles. The number of rotatable bonds is 4. The molecule has 0 bridgehead atoms. The summed E-state index contributed by atoms with van der Waals surface area (Å²) in [4.78, 5) is 15.7. The molecule has 0 aliphatic heterocycles. The minimum atomic E-state index is -0.0363. The van der Waals surface area contributed by atoms with Crippen LogP contribution < -0.4 is 10.6 Å². The number of carbonyl (C=O) groups excluding carboxylic acids is 1. The van der Waals surface area contributed by atoms with Crippen molar-refractivity contribution in [2.75, 3.05) is 6.54 Å². The van der Waals surface area contributed by atoms with Gasteiger partial charge in [-0.3, -0.25) is 4.98 Å². The number of nitrogens with one attached hydrogen (secondary N) is 2. The Morgan fingerprint density at radius 3 is 2.89 bits per heavy atom. The van der Waals surface area contributed by atoms with Gasteiger partial charge in [0.1, 0.15) is 0 Å². The number of hydrogen-bond donors (Lipinski definition) is 2. The van der Waals surface area contributed by atoms with E-state index in [1.807, 2.05) is 18.3 Å². The van der Waals surface area contributed by atoms with Crippen molar-refractivity contribution >= 4 is 6.03 Å². The average molecular weight is 247 g/mol. The summed E-state index contributed by atoms with van der Waals surface area (Å²) < 4.78 is 0. The fraction of sp³-hybridized carbons (Fsp3) is 0.571. The molecule has 2 amide bonds. The molecule has 1 aromatic heterocycles. The Morgan fingerprint density at radius 1 is 1.33 bits per heavy atom. The van der Waals surface area contributed by atoms with Gasteiger partial charge in [-0.2, -0.15) is 0 Å². The van der Waals surface area contributed by atoms with Crippen molar-refractivity contribution in [1.82, 2.24) is 15.6 Å². The maximum atomic E-state index is 11.7. The highest BCUT2D eigenvalue weighted by Crippen LogP contribution is 2.17. The lowest BCUT2D eigenvalue weighted by molar-refractivity contribution is 0.233. The number of aromatic nitrogens is 1. The Hall–Kier alpha value is -1.58. The molecule has 18 heavy (non-hydrogen) atoms. The molecule has 4 heteroatoms. The minimum absolute atomic E-state index is 0.0363. The van der Waals surface area contributed by atoms with Gasteiger partial charge in [-0.25, -0.2) is 4.79 Å². The Balaban J connectivity index is 1.62. The molecule has 1 aliphatic rings. The van der Waals surface area contributed by atoms with E-state index in [4.69, 9.17) is 0 Å². The second-order valence-electron chi connectivity index (χ2n) is 4.85. The first-order chi connectivity index (χ1) is 8.84. The molecular weight excluding hydrogens is 226 g/mol. The summed E-state index contributed by atoms with van der Waals surface area (Å²) in [5.74, 6) is 0. The van der Waals surface area contributed by atoms with E-state index in [1.54, 1.807) is 6.20 Å². The van der Waals surface area contributed by atoms with Gasteiger partial charge in [0.15, 0.2) is 0 Å². The summed E-state index contributed by atoms with van der Waals surface area (Å²) in [5.41, 5.74) is 1.15. The zero-order chi connectivity index (χ0) is 12.6. The zero-order valence-corrected chi connectivity index (χ0v) is 10.7. The van der Waals surface area contributed by atoms with Crippen molar-refractivity contribution in [1.29, 1.82) is 0 Å². The first kappa shape index (κ1) is 12.9. The number of carbonyl (C=O) groups is 1. The molecule has 1 saturated carbocycles. The highest BCUT2D eigenvalue weighted by atomic mass is 16.2. The van der Waals surface area contributed by atoms with Crippen LogP contribution >= 0.6 is 0 Å². The SMILES string of the molecule is O=C(NCCc1cccnc1)NC1CCCCC1. The van der Waals surface area contributed by atoms with Crippen LogP contribution in [0.15, 0.2) is 24.5 Å². The smallest absolute Gasteiger partial charge is 0.315 e. The molecule has 0 atom stereocenters. The van der Waals surface area contributed by atoms with Crippen LogP contribution in [0.2, 0.25) is 0 Å². The predicted octanol–water partition coefficient (Wildman–Crippen LogP) is 2.26. The standard InChI is InChI=1S/C14H21N3O/c18-14(17-13-6-2-1-3-7-13)16-10-8-12-5-4-9-15-11-12/h4-5,9,11,13H,1-3,6-8,10H2,(H2,16,17,18). The van der Waals surface area contributed by atoms with Crippen molar-refractivity contribution in [3.63, 3.8) is 0 Å². The van der Waals surface area contributed by atoms with Crippen LogP contribution in [-0.4, -0.2) is 23.6 Å². The van der Waals surface area contributed by atoms with E-state index in [0.717, 1.165) is 24.8 Å². The maximum absolute atomic E-state index is 11.7. The van der Waals surface area contributed by atoms with E-state index in [2.05, 4.69) is 15.6 Å². The van der Waals surface area contributed by atoms with Crippen LogP contribution in [0.3, 0.4) is 0 Å². The summed E-state index contributed by atoms with van der Waals surface area (Å²) in [7, 11) is 0. The van der Waals surface area contributed by atoms with Crippen molar-refractivity contribution in [2.24, 2.45) is 0 Å². The second-order valence-corrected chi connectivity index (χ2v) is 4.85. The van der Waals surface area contributed by atoms with E-state index in [0.29, 0.717) is 12.6 Å². The third kappa shape index (κ3) is 4.35. The lowest BCUT2D eigenvalue weighted by atomic mass is 9.96. The number of urea groups is 1. The normalized spacial score (nSPS) is 16.2. The summed E-state index contributed by atoms with van der Waals surface area (Å²) >= 11 is 0. The number of amides is 2. The van der Waals surface area contributed by atoms with Crippen LogP contribution in [0.1, 0.15) is 37.7 Å². The van der Waals surface area contributed by atoms with Gasteiger partial charge in [0, 0.05) is 25.0 Å². The molecule has 1 aliphatic carbocycles. The molecular formula is C14H21N3O. The zero-order valence-electron chi connectivity index (χ0n) is 10.7. The van der Waals surface area contributed by atoms with E-state index in [1.165, 1.54) is 19.3 Å². The minimum Gasteiger partial charge on any atom is -0.338 e. The number of nitrogens with zero attached hydrogens (tertiary/aromatic N) is 1. The lowest BCUT2D eigenvalue weighted by Crippen LogP contribution is -2.43. The molecule has 1 fully saturated rings. The van der Waals surface area contributed by atoms with E-state index >= 15 is 0 Å². The molecule has 4 nitrogen and oxygen atoms in total. The molecule has 0 unspecified atom stereocenters. The van der Waals surface area contributed by atoms with Gasteiger partial charge in [-0.15, -0.1) is 0 Å². The third-order valence-corrected chi connectivity index (χ3v) is 3.36. The highest BCUT2D eigenvalue weighted by molar-refractivity contribution is 5.74. The van der Waals surface area contributed by atoms with Crippen LogP contribution in [0.5, 0.6) is 0 Å². The first-order valence-electron chi connectivity index (χ1n) is 6.78. The van der Waals surface area contributed by atoms with Crippen LogP contribution in [0, 0.1) is 0 Å². The maximum Gasteiger partial charge on any atom is 0.315 e. The van der Waals surface area contributed by atoms with E-state index in [-0.39, 0.29) is 6.03 Å². The van der Waals surface area contributed by atoms with Crippen molar-refractivity contribution in [3.8, 4) is 0 Å². The second kappa shape index (κ2) is 6.99. The van der Waals surface area contributed by atoms with Gasteiger partial charge in [-0.1, -0.05) is 25.3 Å². The first-order valence-corrected chi connectivity index (χ1v) is 6.78. The Bertz CT molecular complexity index is 361. The van der Waals surface area contributed by atoms with E-state index in [9.17, 15) is 4.79 Å². The average Bonchev–Trinajstić information content (AvgIpc) is 2.41. The highest BCUT2D eigenvalue weighted by Gasteiger charge is 2.14. The van der Waals surface area contributed by atoms with E-state index < -0.39 is 0 Å². The summed E-state index contributed by atoms with van der Waals surface area (Å²) in [5, 5.41) is 5.94. The molecule has 2 N–H and O–H groups in total. The number of hydrogen-bond acceptors (Lipinski definition) is 2. The van der Waals surface area contributed by atoms with Gasteiger partial charge in [0.05, 0.1) is 0 Å². The van der Waals surface area contributed by atoms with Crippen LogP contribution in [-0.2, 0) is 6.42 Å². The Labute approximate surface area is 108 Å². The Kier molecular flexibility index (Phi) is 5.00. The molecule has 98 valence electrons. The van der Waals surface area contributed by atoms with Gasteiger partial charge in [0.2, 0.25) is 0 Å². The Morgan fingerprint density at radius 2 is 2.17 bits per heavy atom. The largest absolute Gasteiger partial charge is 0.338 e. The van der Waals surface area contributed by atoms with Gasteiger partial charge >= 0.3 is 6.03 Å². The third-order valence-electron chi connectivity index (χ3n) is 3.36. The molecule has 2 rings (SSSR count). The monoisotopic (exact) mass is 247 g/mol. The molecule has 0 aromatic carbocycles. The molecule has 1 aromatic rings. The van der Waals surface area contributed by atoms with Crippen molar-refractivity contribution < 1.29 is 4.79 Å². The predicted molar refractivity (Wildman–Crippen MR) is 71.3 cm³/mol. The topological polar surface area (TPSA) is 54.0 Å². The number of pyridine rings is 1. The quantitative estimate of drug-likeness (QED) is 0.857. The van der Waals surface area contributed by atoms with Gasteiger partial charge in [0.25, 0.3) is 0 Å². The molecule has 0 radical (unpaired) electrons. The van der Waals surface area contributed by atoms with Gasteiger partial charge < -0.3 is 10.6 Å². The lowest BCUT2D eigenvalue weighted by Gasteiger charge is -2.22. The molecule has 0 spiro atoms. The molecule has 1 heterocycles. The summed E-state index contributed by atoms with van der Waals surface area (Å²) in [6.07, 6.45) is 10.4. The van der Waals surface area contributed by atoms with Crippen LogP contribution in [0.25, 0.3) is 0 Å². The summed E-state index contributed by atoms with van der Waals surface area (Å²) in [6.45, 7) is 0.657. The summed E-state index contributed by atoms with van der Waals surface area (Å²) in [6, 6.07) is 4.27. The van der Waals surface area contributed by atoms with Crippen LogP contribution in [0.4, 0.5) is 4.79 Å². The fourth-order valence-electron chi connectivity index (χ4n) is 2.35. The fourth-order valence-corrected chi connectivity index (χ4v) is 2.35. The van der Waals surface area contributed by atoms with Gasteiger partial charge in [-0.05, 0) is 30.9 Å².